The third-order valence-electron chi connectivity index (χ3n) is 2.33. The van der Waals surface area contributed by atoms with Crippen LogP contribution in [0.5, 0.6) is 0 Å². The van der Waals surface area contributed by atoms with E-state index >= 15 is 0 Å². The van der Waals surface area contributed by atoms with Gasteiger partial charge in [-0.15, -0.1) is 10.2 Å². The number of non-ortho nitro benzene ring substituents is 1. The van der Waals surface area contributed by atoms with Gasteiger partial charge < -0.3 is 9.52 Å². The zero-order valence-electron chi connectivity index (χ0n) is 10.3. The van der Waals surface area contributed by atoms with E-state index in [9.17, 15) is 14.9 Å². The number of hydrogen-bond donors (Lipinski definition) is 1. The molecule has 0 aliphatic rings. The lowest BCUT2D eigenvalue weighted by Gasteiger charge is -1.98. The first-order valence-electron chi connectivity index (χ1n) is 5.46. The van der Waals surface area contributed by atoms with Crippen molar-refractivity contribution in [2.45, 2.75) is 6.92 Å². The Balaban J connectivity index is 2.37. The molecule has 2 aromatic rings. The molecule has 102 valence electrons. The first-order chi connectivity index (χ1) is 9.45. The van der Waals surface area contributed by atoms with E-state index in [2.05, 4.69) is 10.2 Å². The third kappa shape index (κ3) is 3.05. The molecule has 0 spiro atoms. The van der Waals surface area contributed by atoms with Gasteiger partial charge in [0.05, 0.1) is 4.92 Å². The maximum absolute atomic E-state index is 10.8. The molecule has 20 heavy (non-hydrogen) atoms. The van der Waals surface area contributed by atoms with Crippen LogP contribution in [0.15, 0.2) is 28.7 Å². The normalized spacial score (nSPS) is 10.8. The second kappa shape index (κ2) is 5.31. The average Bonchev–Trinajstić information content (AvgIpc) is 2.84. The lowest BCUT2D eigenvalue weighted by Crippen LogP contribution is -1.90. The molecule has 1 aromatic carbocycles. The van der Waals surface area contributed by atoms with Crippen molar-refractivity contribution in [2.24, 2.45) is 0 Å². The van der Waals surface area contributed by atoms with Crippen LogP contribution >= 0.6 is 0 Å². The van der Waals surface area contributed by atoms with E-state index in [0.717, 1.165) is 12.2 Å². The van der Waals surface area contributed by atoms with Crippen LogP contribution in [0.2, 0.25) is 0 Å². The summed E-state index contributed by atoms with van der Waals surface area (Å²) < 4.78 is 5.21. The molecule has 0 saturated carbocycles. The topological polar surface area (TPSA) is 119 Å². The van der Waals surface area contributed by atoms with Crippen molar-refractivity contribution in [2.75, 3.05) is 0 Å². The lowest BCUT2D eigenvalue weighted by molar-refractivity contribution is -0.384. The summed E-state index contributed by atoms with van der Waals surface area (Å²) in [6.07, 6.45) is 2.00. The van der Waals surface area contributed by atoms with Gasteiger partial charge in [-0.25, -0.2) is 4.79 Å². The lowest BCUT2D eigenvalue weighted by atomic mass is 10.1. The Morgan fingerprint density at radius 2 is 2.15 bits per heavy atom. The van der Waals surface area contributed by atoms with Crippen molar-refractivity contribution in [3.63, 3.8) is 0 Å². The molecule has 0 bridgehead atoms. The van der Waals surface area contributed by atoms with Gasteiger partial charge in [0.15, 0.2) is 0 Å². The molecule has 0 aliphatic carbocycles. The van der Waals surface area contributed by atoms with Gasteiger partial charge in [-0.2, -0.15) is 0 Å². The number of carbonyl (C=O) groups is 1. The van der Waals surface area contributed by atoms with E-state index in [1.807, 2.05) is 0 Å². The molecule has 1 N–H and O–H groups in total. The van der Waals surface area contributed by atoms with E-state index in [4.69, 9.17) is 9.52 Å². The molecule has 0 fully saturated rings. The van der Waals surface area contributed by atoms with Crippen LogP contribution in [0, 0.1) is 17.0 Å². The Kier molecular flexibility index (Phi) is 3.56. The minimum Gasteiger partial charge on any atom is -0.478 e. The minimum atomic E-state index is -1.14. The zero-order valence-corrected chi connectivity index (χ0v) is 10.3. The molecule has 0 aliphatic heterocycles. The average molecular weight is 275 g/mol. The summed E-state index contributed by atoms with van der Waals surface area (Å²) in [6, 6.07) is 4.39. The molecule has 0 saturated heterocycles. The Bertz CT molecular complexity index is 705. The highest BCUT2D eigenvalue weighted by atomic mass is 16.6. The summed E-state index contributed by atoms with van der Waals surface area (Å²) in [4.78, 5) is 20.6. The SMILES string of the molecule is Cc1cc(-c2nnc(/C=C/C(=O)O)o2)cc([N+](=O)[O-])c1. The number of nitro benzene ring substituents is 1. The van der Waals surface area contributed by atoms with Crippen LogP contribution in [-0.4, -0.2) is 26.2 Å². The van der Waals surface area contributed by atoms with Gasteiger partial charge >= 0.3 is 5.97 Å². The fourth-order valence-electron chi connectivity index (χ4n) is 1.55. The zero-order chi connectivity index (χ0) is 14.7. The molecule has 0 atom stereocenters. The predicted molar refractivity (Wildman–Crippen MR) is 67.8 cm³/mol. The monoisotopic (exact) mass is 275 g/mol. The number of hydrogen-bond acceptors (Lipinski definition) is 6. The Hall–Kier alpha value is -3.03. The summed E-state index contributed by atoms with van der Waals surface area (Å²) in [5.74, 6) is -1.05. The molecule has 0 radical (unpaired) electrons. The molecular formula is C12H9N3O5. The highest BCUT2D eigenvalue weighted by Crippen LogP contribution is 2.25. The van der Waals surface area contributed by atoms with Gasteiger partial charge in [-0.1, -0.05) is 0 Å². The van der Waals surface area contributed by atoms with Gasteiger partial charge in [0.1, 0.15) is 0 Å². The summed E-state index contributed by atoms with van der Waals surface area (Å²) in [7, 11) is 0. The second-order valence-corrected chi connectivity index (χ2v) is 3.93. The van der Waals surface area contributed by atoms with E-state index < -0.39 is 10.9 Å². The second-order valence-electron chi connectivity index (χ2n) is 3.93. The van der Waals surface area contributed by atoms with Crippen LogP contribution in [0.1, 0.15) is 11.5 Å². The standard InChI is InChI=1S/C12H9N3O5/c1-7-4-8(6-9(5-7)15(18)19)12-14-13-10(20-12)2-3-11(16)17/h2-6H,1H3,(H,16,17)/b3-2+. The number of aromatic nitrogens is 2. The van der Waals surface area contributed by atoms with Gasteiger partial charge in [-0.3, -0.25) is 10.1 Å². The summed E-state index contributed by atoms with van der Waals surface area (Å²) in [5.41, 5.74) is 0.995. The van der Waals surface area contributed by atoms with Crippen molar-refractivity contribution in [1.29, 1.82) is 0 Å². The maximum atomic E-state index is 10.8. The molecular weight excluding hydrogens is 266 g/mol. The first kappa shape index (κ1) is 13.4. The first-order valence-corrected chi connectivity index (χ1v) is 5.46. The third-order valence-corrected chi connectivity index (χ3v) is 2.33. The van der Waals surface area contributed by atoms with Crippen molar-refractivity contribution >= 4 is 17.7 Å². The number of aryl methyl sites for hydroxylation is 1. The predicted octanol–water partition coefficient (Wildman–Crippen LogP) is 2.05. The summed E-state index contributed by atoms with van der Waals surface area (Å²) in [6.45, 7) is 1.71. The highest BCUT2D eigenvalue weighted by molar-refractivity contribution is 5.84. The number of aliphatic carboxylic acids is 1. The fraction of sp³-hybridized carbons (Fsp3) is 0.0833. The molecule has 0 amide bonds. The Labute approximate surface area is 112 Å². The molecule has 8 nitrogen and oxygen atoms in total. The maximum Gasteiger partial charge on any atom is 0.328 e. The smallest absolute Gasteiger partial charge is 0.328 e. The number of benzene rings is 1. The van der Waals surface area contributed by atoms with Crippen LogP contribution in [0.3, 0.4) is 0 Å². The van der Waals surface area contributed by atoms with Crippen LogP contribution < -0.4 is 0 Å². The fourth-order valence-corrected chi connectivity index (χ4v) is 1.55. The van der Waals surface area contributed by atoms with Crippen LogP contribution in [-0.2, 0) is 4.79 Å². The number of carboxylic acids is 1. The van der Waals surface area contributed by atoms with Crippen molar-refractivity contribution < 1.29 is 19.2 Å². The molecule has 1 heterocycles. The van der Waals surface area contributed by atoms with Gasteiger partial charge in [0.25, 0.3) is 5.69 Å². The van der Waals surface area contributed by atoms with Crippen molar-refractivity contribution in [3.8, 4) is 11.5 Å². The van der Waals surface area contributed by atoms with Crippen molar-refractivity contribution in [3.05, 3.63) is 45.8 Å². The summed E-state index contributed by atoms with van der Waals surface area (Å²) >= 11 is 0. The van der Waals surface area contributed by atoms with Crippen molar-refractivity contribution in [1.82, 2.24) is 10.2 Å². The number of nitro groups is 1. The van der Waals surface area contributed by atoms with Gasteiger partial charge in [0.2, 0.25) is 11.8 Å². The Morgan fingerprint density at radius 1 is 1.40 bits per heavy atom. The summed E-state index contributed by atoms with van der Waals surface area (Å²) in [5, 5.41) is 26.6. The minimum absolute atomic E-state index is 0.00607. The Morgan fingerprint density at radius 3 is 2.80 bits per heavy atom. The quantitative estimate of drug-likeness (QED) is 0.515. The van der Waals surface area contributed by atoms with Gasteiger partial charge in [0, 0.05) is 29.8 Å². The van der Waals surface area contributed by atoms with E-state index in [0.29, 0.717) is 11.1 Å². The molecule has 1 aromatic heterocycles. The van der Waals surface area contributed by atoms with Gasteiger partial charge in [-0.05, 0) is 18.6 Å². The number of rotatable bonds is 4. The van der Waals surface area contributed by atoms with Crippen LogP contribution in [0.4, 0.5) is 5.69 Å². The van der Waals surface area contributed by atoms with E-state index in [1.165, 1.54) is 12.1 Å². The van der Waals surface area contributed by atoms with Crippen LogP contribution in [0.25, 0.3) is 17.5 Å². The molecule has 2 rings (SSSR count). The number of nitrogens with zero attached hydrogens (tertiary/aromatic N) is 3. The van der Waals surface area contributed by atoms with E-state index in [-0.39, 0.29) is 17.5 Å². The van der Waals surface area contributed by atoms with E-state index in [1.54, 1.807) is 13.0 Å². The highest BCUT2D eigenvalue weighted by Gasteiger charge is 2.13. The molecule has 8 heteroatoms. The molecule has 0 unspecified atom stereocenters. The number of carboxylic acid groups (broad SMARTS) is 1. The largest absolute Gasteiger partial charge is 0.478 e.